The number of sulfone groups is 1. The summed E-state index contributed by atoms with van der Waals surface area (Å²) in [5.74, 6) is 0. The van der Waals surface area contributed by atoms with E-state index in [0.717, 1.165) is 12.0 Å². The van der Waals surface area contributed by atoms with E-state index in [2.05, 4.69) is 10.6 Å². The van der Waals surface area contributed by atoms with E-state index >= 15 is 0 Å². The van der Waals surface area contributed by atoms with E-state index in [1.54, 1.807) is 35.6 Å². The molecule has 1 aromatic carbocycles. The van der Waals surface area contributed by atoms with Crippen molar-refractivity contribution in [2.45, 2.75) is 24.3 Å². The minimum Gasteiger partial charge on any atom is -0.338 e. The number of urea groups is 1. The molecule has 0 bridgehead atoms. The quantitative estimate of drug-likeness (QED) is 0.839. The number of thiophene rings is 1. The summed E-state index contributed by atoms with van der Waals surface area (Å²) < 4.78 is 22.9. The summed E-state index contributed by atoms with van der Waals surface area (Å²) in [7, 11) is -3.20. The molecule has 2 aromatic rings. The Morgan fingerprint density at radius 1 is 1.22 bits per heavy atom. The lowest BCUT2D eigenvalue weighted by Gasteiger charge is -2.15. The van der Waals surface area contributed by atoms with Crippen molar-refractivity contribution in [3.63, 3.8) is 0 Å². The maximum atomic E-state index is 11.9. The minimum atomic E-state index is -3.20. The zero-order valence-corrected chi connectivity index (χ0v) is 14.7. The van der Waals surface area contributed by atoms with Crippen molar-refractivity contribution >= 4 is 27.2 Å². The molecule has 0 fully saturated rings. The zero-order valence-electron chi connectivity index (χ0n) is 13.1. The van der Waals surface area contributed by atoms with Crippen molar-refractivity contribution in [2.24, 2.45) is 0 Å². The molecule has 2 N–H and O–H groups in total. The van der Waals surface area contributed by atoms with Crippen molar-refractivity contribution in [3.8, 4) is 0 Å². The lowest BCUT2D eigenvalue weighted by Crippen LogP contribution is -2.37. The Hall–Kier alpha value is -1.86. The Morgan fingerprint density at radius 3 is 2.48 bits per heavy atom. The van der Waals surface area contributed by atoms with E-state index in [1.807, 2.05) is 24.4 Å². The van der Waals surface area contributed by atoms with Crippen LogP contribution in [0.15, 0.2) is 46.7 Å². The van der Waals surface area contributed by atoms with Gasteiger partial charge in [-0.2, -0.15) is 0 Å². The summed E-state index contributed by atoms with van der Waals surface area (Å²) in [5.41, 5.74) is 0.853. The first kappa shape index (κ1) is 17.5. The van der Waals surface area contributed by atoms with Crippen LogP contribution < -0.4 is 10.6 Å². The Balaban J connectivity index is 1.83. The fourth-order valence-corrected chi connectivity index (χ4v) is 3.43. The maximum Gasteiger partial charge on any atom is 0.315 e. The molecular weight excluding hydrogens is 332 g/mol. The second-order valence-electron chi connectivity index (χ2n) is 5.29. The van der Waals surface area contributed by atoms with Gasteiger partial charge >= 0.3 is 6.03 Å². The molecule has 1 atom stereocenters. The highest BCUT2D eigenvalue weighted by Gasteiger charge is 2.11. The molecule has 1 heterocycles. The van der Waals surface area contributed by atoms with Gasteiger partial charge in [-0.15, -0.1) is 11.3 Å². The van der Waals surface area contributed by atoms with Gasteiger partial charge in [-0.25, -0.2) is 13.2 Å². The van der Waals surface area contributed by atoms with Crippen LogP contribution in [0.5, 0.6) is 0 Å². The summed E-state index contributed by atoms with van der Waals surface area (Å²) in [6, 6.07) is 10.1. The maximum absolute atomic E-state index is 11.9. The van der Waals surface area contributed by atoms with Gasteiger partial charge in [0.05, 0.1) is 10.9 Å². The lowest BCUT2D eigenvalue weighted by atomic mass is 10.1. The second-order valence-corrected chi connectivity index (χ2v) is 8.34. The second kappa shape index (κ2) is 7.61. The first-order chi connectivity index (χ1) is 10.9. The zero-order chi connectivity index (χ0) is 16.9. The van der Waals surface area contributed by atoms with Crippen LogP contribution in [0.4, 0.5) is 4.79 Å². The molecular formula is C16H20N2O3S2. The largest absolute Gasteiger partial charge is 0.338 e. The summed E-state index contributed by atoms with van der Waals surface area (Å²) >= 11 is 1.67. The molecule has 0 radical (unpaired) electrons. The summed E-state index contributed by atoms with van der Waals surface area (Å²) in [6.07, 6.45) is 1.98. The molecule has 124 valence electrons. The van der Waals surface area contributed by atoms with Gasteiger partial charge in [0, 0.05) is 17.7 Å². The van der Waals surface area contributed by atoms with E-state index in [9.17, 15) is 13.2 Å². The molecule has 0 aliphatic carbocycles. The third-order valence-corrected chi connectivity index (χ3v) is 5.46. The summed E-state index contributed by atoms with van der Waals surface area (Å²) in [4.78, 5) is 13.4. The highest BCUT2D eigenvalue weighted by atomic mass is 32.2. The van der Waals surface area contributed by atoms with Crippen LogP contribution in [0, 0.1) is 0 Å². The number of hydrogen-bond donors (Lipinski definition) is 2. The third-order valence-electron chi connectivity index (χ3n) is 3.39. The number of rotatable bonds is 6. The first-order valence-corrected chi connectivity index (χ1v) is 10.00. The molecule has 0 spiro atoms. The molecule has 2 rings (SSSR count). The smallest absolute Gasteiger partial charge is 0.315 e. The molecule has 23 heavy (non-hydrogen) atoms. The van der Waals surface area contributed by atoms with Crippen molar-refractivity contribution in [2.75, 3.05) is 12.8 Å². The fraction of sp³-hybridized carbons (Fsp3) is 0.312. The Bertz CT molecular complexity index is 738. The molecule has 5 nitrogen and oxygen atoms in total. The SMILES string of the molecule is CC(NC(=O)NCCc1cccs1)c1ccc(S(C)(=O)=O)cc1. The van der Waals surface area contributed by atoms with Crippen LogP contribution in [0.3, 0.4) is 0 Å². The average Bonchev–Trinajstić information content (AvgIpc) is 2.99. The van der Waals surface area contributed by atoms with Crippen LogP contribution in [0.1, 0.15) is 23.4 Å². The number of benzene rings is 1. The van der Waals surface area contributed by atoms with E-state index in [0.29, 0.717) is 6.54 Å². The van der Waals surface area contributed by atoms with Crippen LogP contribution in [0.2, 0.25) is 0 Å². The van der Waals surface area contributed by atoms with Gasteiger partial charge in [-0.05, 0) is 42.5 Å². The number of carbonyl (C=O) groups excluding carboxylic acids is 1. The van der Waals surface area contributed by atoms with Crippen LogP contribution in [0.25, 0.3) is 0 Å². The number of carbonyl (C=O) groups is 1. The fourth-order valence-electron chi connectivity index (χ4n) is 2.09. The molecule has 0 aliphatic heterocycles. The Kier molecular flexibility index (Phi) is 5.79. The van der Waals surface area contributed by atoms with Gasteiger partial charge in [-0.1, -0.05) is 18.2 Å². The molecule has 1 unspecified atom stereocenters. The van der Waals surface area contributed by atoms with E-state index in [1.165, 1.54) is 11.1 Å². The molecule has 0 saturated heterocycles. The van der Waals surface area contributed by atoms with Crippen molar-refractivity contribution < 1.29 is 13.2 Å². The van der Waals surface area contributed by atoms with Crippen LogP contribution in [-0.2, 0) is 16.3 Å². The topological polar surface area (TPSA) is 75.3 Å². The standard InChI is InChI=1S/C16H20N2O3S2/c1-12(13-5-7-15(8-6-13)23(2,20)21)18-16(19)17-10-9-14-4-3-11-22-14/h3-8,11-12H,9-10H2,1-2H3,(H2,17,18,19). The van der Waals surface area contributed by atoms with Gasteiger partial charge in [0.25, 0.3) is 0 Å². The molecule has 0 saturated carbocycles. The van der Waals surface area contributed by atoms with E-state index in [4.69, 9.17) is 0 Å². The lowest BCUT2D eigenvalue weighted by molar-refractivity contribution is 0.238. The highest BCUT2D eigenvalue weighted by Crippen LogP contribution is 2.16. The summed E-state index contributed by atoms with van der Waals surface area (Å²) in [5, 5.41) is 7.67. The Morgan fingerprint density at radius 2 is 1.91 bits per heavy atom. The average molecular weight is 352 g/mol. The van der Waals surface area contributed by atoms with E-state index < -0.39 is 9.84 Å². The van der Waals surface area contributed by atoms with Crippen molar-refractivity contribution in [3.05, 3.63) is 52.2 Å². The molecule has 2 amide bonds. The molecule has 1 aromatic heterocycles. The minimum absolute atomic E-state index is 0.203. The predicted octanol–water partition coefficient (Wildman–Crippen LogP) is 2.75. The van der Waals surface area contributed by atoms with Gasteiger partial charge < -0.3 is 10.6 Å². The monoisotopic (exact) mass is 352 g/mol. The van der Waals surface area contributed by atoms with Crippen LogP contribution in [-0.4, -0.2) is 27.2 Å². The summed E-state index contributed by atoms with van der Waals surface area (Å²) in [6.45, 7) is 2.43. The van der Waals surface area contributed by atoms with Crippen LogP contribution >= 0.6 is 11.3 Å². The normalized spacial score (nSPS) is 12.6. The predicted molar refractivity (Wildman–Crippen MR) is 92.5 cm³/mol. The Labute approximate surface area is 140 Å². The van der Waals surface area contributed by atoms with Gasteiger partial charge in [0.15, 0.2) is 9.84 Å². The van der Waals surface area contributed by atoms with Gasteiger partial charge in [0.2, 0.25) is 0 Å². The van der Waals surface area contributed by atoms with Gasteiger partial charge in [-0.3, -0.25) is 0 Å². The number of amides is 2. The molecule has 0 aliphatic rings. The van der Waals surface area contributed by atoms with E-state index in [-0.39, 0.29) is 17.0 Å². The highest BCUT2D eigenvalue weighted by molar-refractivity contribution is 7.90. The first-order valence-electron chi connectivity index (χ1n) is 7.23. The van der Waals surface area contributed by atoms with Crippen molar-refractivity contribution in [1.29, 1.82) is 0 Å². The number of nitrogens with one attached hydrogen (secondary N) is 2. The number of hydrogen-bond acceptors (Lipinski definition) is 4. The molecule has 7 heteroatoms. The van der Waals surface area contributed by atoms with Gasteiger partial charge in [0.1, 0.15) is 0 Å². The third kappa shape index (κ3) is 5.37. The van der Waals surface area contributed by atoms with Crippen molar-refractivity contribution in [1.82, 2.24) is 10.6 Å².